The Kier molecular flexibility index (Phi) is 6.32. The first-order valence-electron chi connectivity index (χ1n) is 6.52. The van der Waals surface area contributed by atoms with Gasteiger partial charge in [-0.05, 0) is 26.5 Å². The average Bonchev–Trinajstić information content (AvgIpc) is 2.43. The van der Waals surface area contributed by atoms with E-state index in [-0.39, 0.29) is 5.84 Å². The van der Waals surface area contributed by atoms with Crippen LogP contribution in [0.3, 0.4) is 0 Å². The molecule has 0 aliphatic carbocycles. The number of nitrogens with zero attached hydrogens (tertiary/aromatic N) is 2. The van der Waals surface area contributed by atoms with E-state index in [9.17, 15) is 0 Å². The summed E-state index contributed by atoms with van der Waals surface area (Å²) in [6.45, 7) is 7.18. The number of nitrogens with one attached hydrogen (secondary N) is 1. The van der Waals surface area contributed by atoms with Gasteiger partial charge in [0, 0.05) is 31.2 Å². The monoisotopic (exact) mass is 264 g/mol. The average molecular weight is 264 g/mol. The lowest BCUT2D eigenvalue weighted by molar-refractivity contribution is 0.273. The standard InChI is InChI=1S/C14H24N4O/c1-11(2)18(3)9-8-16-10-12-4-6-13(7-5-12)14(15)17-19/h4-7,11,16,19H,8-10H2,1-3H3,(H2,15,17). The van der Waals surface area contributed by atoms with Crippen molar-refractivity contribution in [2.45, 2.75) is 26.4 Å². The van der Waals surface area contributed by atoms with Crippen LogP contribution in [0.1, 0.15) is 25.0 Å². The minimum absolute atomic E-state index is 0.137. The molecule has 0 radical (unpaired) electrons. The second-order valence-electron chi connectivity index (χ2n) is 4.93. The molecule has 1 rings (SSSR count). The zero-order valence-corrected chi connectivity index (χ0v) is 11.9. The van der Waals surface area contributed by atoms with E-state index in [0.717, 1.165) is 25.2 Å². The number of hydrogen-bond acceptors (Lipinski definition) is 4. The summed E-state index contributed by atoms with van der Waals surface area (Å²) < 4.78 is 0. The van der Waals surface area contributed by atoms with Crippen LogP contribution in [0.4, 0.5) is 0 Å². The van der Waals surface area contributed by atoms with Crippen LogP contribution in [0, 0.1) is 0 Å². The number of oxime groups is 1. The van der Waals surface area contributed by atoms with Gasteiger partial charge in [-0.25, -0.2) is 0 Å². The molecule has 0 fully saturated rings. The summed E-state index contributed by atoms with van der Waals surface area (Å²) in [7, 11) is 2.12. The minimum atomic E-state index is 0.137. The molecule has 0 unspecified atom stereocenters. The number of hydrogen-bond donors (Lipinski definition) is 3. The van der Waals surface area contributed by atoms with E-state index in [0.29, 0.717) is 6.04 Å². The summed E-state index contributed by atoms with van der Waals surface area (Å²) in [6.07, 6.45) is 0. The van der Waals surface area contributed by atoms with E-state index in [1.54, 1.807) is 0 Å². The largest absolute Gasteiger partial charge is 0.409 e. The van der Waals surface area contributed by atoms with Crippen LogP contribution in [0.5, 0.6) is 0 Å². The molecule has 1 aromatic rings. The fraction of sp³-hybridized carbons (Fsp3) is 0.500. The lowest BCUT2D eigenvalue weighted by atomic mass is 10.1. The van der Waals surface area contributed by atoms with E-state index in [2.05, 4.69) is 36.3 Å². The van der Waals surface area contributed by atoms with Crippen molar-refractivity contribution >= 4 is 5.84 Å². The zero-order chi connectivity index (χ0) is 14.3. The van der Waals surface area contributed by atoms with Gasteiger partial charge in [0.2, 0.25) is 0 Å². The Hall–Kier alpha value is -1.59. The molecule has 0 heterocycles. The van der Waals surface area contributed by atoms with Crippen molar-refractivity contribution in [3.05, 3.63) is 35.4 Å². The predicted molar refractivity (Wildman–Crippen MR) is 78.4 cm³/mol. The molecule has 0 atom stereocenters. The highest BCUT2D eigenvalue weighted by atomic mass is 16.4. The number of nitrogens with two attached hydrogens (primary N) is 1. The molecule has 0 aliphatic rings. The van der Waals surface area contributed by atoms with Crippen LogP contribution in [0.2, 0.25) is 0 Å². The Balaban J connectivity index is 2.34. The Bertz CT molecular complexity index is 400. The minimum Gasteiger partial charge on any atom is -0.409 e. The summed E-state index contributed by atoms with van der Waals surface area (Å²) in [5.41, 5.74) is 7.42. The number of amidine groups is 1. The van der Waals surface area contributed by atoms with Crippen LogP contribution >= 0.6 is 0 Å². The highest BCUT2D eigenvalue weighted by molar-refractivity contribution is 5.96. The van der Waals surface area contributed by atoms with Crippen molar-refractivity contribution in [3.63, 3.8) is 0 Å². The third-order valence-corrected chi connectivity index (χ3v) is 3.21. The molecular weight excluding hydrogens is 240 g/mol. The van der Waals surface area contributed by atoms with E-state index in [4.69, 9.17) is 10.9 Å². The number of rotatable bonds is 7. The zero-order valence-electron chi connectivity index (χ0n) is 11.9. The van der Waals surface area contributed by atoms with Gasteiger partial charge in [-0.1, -0.05) is 29.4 Å². The van der Waals surface area contributed by atoms with Crippen LogP contribution in [0.25, 0.3) is 0 Å². The first-order chi connectivity index (χ1) is 9.04. The van der Waals surface area contributed by atoms with Gasteiger partial charge >= 0.3 is 0 Å². The molecule has 5 nitrogen and oxygen atoms in total. The van der Waals surface area contributed by atoms with Crippen molar-refractivity contribution in [1.82, 2.24) is 10.2 Å². The maximum Gasteiger partial charge on any atom is 0.170 e. The summed E-state index contributed by atoms with van der Waals surface area (Å²) in [5, 5.41) is 14.9. The van der Waals surface area contributed by atoms with Crippen LogP contribution in [-0.4, -0.2) is 42.1 Å². The first kappa shape index (κ1) is 15.5. The molecule has 0 saturated carbocycles. The van der Waals surface area contributed by atoms with Crippen molar-refractivity contribution in [3.8, 4) is 0 Å². The fourth-order valence-electron chi connectivity index (χ4n) is 1.60. The molecule has 0 saturated heterocycles. The molecule has 1 aromatic carbocycles. The summed E-state index contributed by atoms with van der Waals surface area (Å²) in [4.78, 5) is 2.30. The lowest BCUT2D eigenvalue weighted by Crippen LogP contribution is -2.33. The van der Waals surface area contributed by atoms with Gasteiger partial charge in [0.15, 0.2) is 5.84 Å². The van der Waals surface area contributed by atoms with Crippen LogP contribution in [-0.2, 0) is 6.54 Å². The van der Waals surface area contributed by atoms with Crippen molar-refractivity contribution in [2.24, 2.45) is 10.9 Å². The first-order valence-corrected chi connectivity index (χ1v) is 6.52. The highest BCUT2D eigenvalue weighted by Gasteiger charge is 2.02. The molecule has 0 bridgehead atoms. The Labute approximate surface area is 115 Å². The van der Waals surface area contributed by atoms with Crippen molar-refractivity contribution < 1.29 is 5.21 Å². The van der Waals surface area contributed by atoms with Crippen LogP contribution < -0.4 is 11.1 Å². The highest BCUT2D eigenvalue weighted by Crippen LogP contribution is 2.04. The second kappa shape index (κ2) is 7.76. The SMILES string of the molecule is CC(C)N(C)CCNCc1ccc(C(N)=NO)cc1. The lowest BCUT2D eigenvalue weighted by Gasteiger charge is -2.20. The van der Waals surface area contributed by atoms with Gasteiger partial charge < -0.3 is 21.2 Å². The molecule has 19 heavy (non-hydrogen) atoms. The maximum absolute atomic E-state index is 8.57. The van der Waals surface area contributed by atoms with E-state index in [1.807, 2.05) is 24.3 Å². The summed E-state index contributed by atoms with van der Waals surface area (Å²) >= 11 is 0. The summed E-state index contributed by atoms with van der Waals surface area (Å²) in [6, 6.07) is 8.24. The molecule has 0 aliphatic heterocycles. The predicted octanol–water partition coefficient (Wildman–Crippen LogP) is 1.21. The quantitative estimate of drug-likeness (QED) is 0.227. The second-order valence-corrected chi connectivity index (χ2v) is 4.93. The smallest absolute Gasteiger partial charge is 0.170 e. The third-order valence-electron chi connectivity index (χ3n) is 3.21. The number of benzene rings is 1. The van der Waals surface area contributed by atoms with Crippen LogP contribution in [0.15, 0.2) is 29.4 Å². The van der Waals surface area contributed by atoms with Gasteiger partial charge in [-0.15, -0.1) is 0 Å². The molecule has 4 N–H and O–H groups in total. The molecule has 106 valence electrons. The molecule has 0 spiro atoms. The van der Waals surface area contributed by atoms with Crippen molar-refractivity contribution in [2.75, 3.05) is 20.1 Å². The van der Waals surface area contributed by atoms with E-state index in [1.165, 1.54) is 5.56 Å². The van der Waals surface area contributed by atoms with Gasteiger partial charge in [-0.3, -0.25) is 0 Å². The Morgan fingerprint density at radius 2 is 2.00 bits per heavy atom. The molecule has 5 heteroatoms. The van der Waals surface area contributed by atoms with Gasteiger partial charge in [0.1, 0.15) is 0 Å². The normalized spacial score (nSPS) is 12.4. The van der Waals surface area contributed by atoms with E-state index < -0.39 is 0 Å². The Morgan fingerprint density at radius 1 is 1.37 bits per heavy atom. The van der Waals surface area contributed by atoms with Crippen molar-refractivity contribution in [1.29, 1.82) is 0 Å². The third kappa shape index (κ3) is 5.28. The molecule has 0 amide bonds. The Morgan fingerprint density at radius 3 is 2.53 bits per heavy atom. The molecule has 0 aromatic heterocycles. The van der Waals surface area contributed by atoms with E-state index >= 15 is 0 Å². The topological polar surface area (TPSA) is 73.9 Å². The molecular formula is C14H24N4O. The van der Waals surface area contributed by atoms with Gasteiger partial charge in [0.25, 0.3) is 0 Å². The summed E-state index contributed by atoms with van der Waals surface area (Å²) in [5.74, 6) is 0.137. The van der Waals surface area contributed by atoms with Gasteiger partial charge in [-0.2, -0.15) is 0 Å². The van der Waals surface area contributed by atoms with Gasteiger partial charge in [0.05, 0.1) is 0 Å². The number of likely N-dealkylation sites (N-methyl/N-ethyl adjacent to an activating group) is 1. The fourth-order valence-corrected chi connectivity index (χ4v) is 1.60. The maximum atomic E-state index is 8.57.